The van der Waals surface area contributed by atoms with Crippen LogP contribution in [0.15, 0.2) is 30.3 Å². The van der Waals surface area contributed by atoms with Gasteiger partial charge in [0.1, 0.15) is 0 Å². The topological polar surface area (TPSA) is 0 Å². The van der Waals surface area contributed by atoms with Gasteiger partial charge in [0.15, 0.2) is 0 Å². The normalized spacial score (nSPS) is 7.78. The first-order valence-electron chi connectivity index (χ1n) is 2.91. The van der Waals surface area contributed by atoms with E-state index in [1.165, 1.54) is 0 Å². The van der Waals surface area contributed by atoms with E-state index in [2.05, 4.69) is 5.94 Å². The van der Waals surface area contributed by atoms with E-state index < -0.39 is 0 Å². The summed E-state index contributed by atoms with van der Waals surface area (Å²) in [7, 11) is 0. The van der Waals surface area contributed by atoms with Gasteiger partial charge in [0, 0.05) is 0 Å². The minimum atomic E-state index is 0.656. The van der Waals surface area contributed by atoms with Crippen LogP contribution in [-0.4, -0.2) is 49.0 Å². The van der Waals surface area contributed by atoms with Gasteiger partial charge in [0.2, 0.25) is 0 Å². The second kappa shape index (κ2) is 4.27. The van der Waals surface area contributed by atoms with E-state index in [4.69, 9.17) is 0 Å². The molecule has 0 spiro atoms. The first-order chi connectivity index (χ1) is 4.43. The average Bonchev–Trinajstić information content (AvgIpc) is 1.91. The first-order valence-corrected chi connectivity index (χ1v) is 4.47. The third kappa shape index (κ3) is 2.66. The van der Waals surface area contributed by atoms with E-state index in [0.717, 1.165) is 5.56 Å². The van der Waals surface area contributed by atoms with E-state index in [-0.39, 0.29) is 0 Å². The quantitative estimate of drug-likeness (QED) is 0.375. The third-order valence-corrected chi connectivity index (χ3v) is 1.43. The van der Waals surface area contributed by atoms with E-state index in [1.807, 2.05) is 30.3 Å². The summed E-state index contributed by atoms with van der Waals surface area (Å²) in [6.45, 7) is 0. The Kier molecular flexibility index (Phi) is 3.57. The summed E-state index contributed by atoms with van der Waals surface area (Å²) in [6, 6.07) is 10.1. The fourth-order valence-electron chi connectivity index (χ4n) is 0.666. The van der Waals surface area contributed by atoms with Gasteiger partial charge in [0.25, 0.3) is 0 Å². The van der Waals surface area contributed by atoms with Gasteiger partial charge >= 0.3 is 90.8 Å². The fraction of sp³-hybridized carbons (Fsp3) is 0. The molecular weight excluding hydrogens is 135 g/mol. The molecule has 0 aliphatic rings. The first kappa shape index (κ1) is 7.52. The summed E-state index contributed by atoms with van der Waals surface area (Å²) in [6.07, 6.45) is 0. The van der Waals surface area contributed by atoms with Gasteiger partial charge in [-0.25, -0.2) is 0 Å². The van der Waals surface area contributed by atoms with Crippen molar-refractivity contribution in [3.8, 4) is 5.94 Å². The molecule has 0 N–H and O–H groups in total. The molecule has 0 aromatic heterocycles. The molecule has 0 fully saturated rings. The van der Waals surface area contributed by atoms with Crippen molar-refractivity contribution in [2.45, 2.75) is 0 Å². The van der Waals surface area contributed by atoms with E-state index in [0.29, 0.717) is 49.0 Å². The molecule has 0 bridgehead atoms. The zero-order chi connectivity index (χ0) is 6.53. The molecule has 0 radical (unpaired) electrons. The number of rotatable bonds is 0. The zero-order valence-corrected chi connectivity index (χ0v) is 8.51. The Morgan fingerprint density at radius 2 is 1.78 bits per heavy atom. The summed E-state index contributed by atoms with van der Waals surface area (Å²) in [5.41, 5.74) is 1.13. The Morgan fingerprint density at radius 3 is 2.33 bits per heavy atom. The number of hydrogen-bond donors (Lipinski definition) is 0. The monoisotopic (exact) mass is 140 g/mol. The molecule has 1 aromatic carbocycles. The van der Waals surface area contributed by atoms with Crippen LogP contribution in [0.4, 0.5) is 0 Å². The van der Waals surface area contributed by atoms with Crippen molar-refractivity contribution in [3.63, 3.8) is 0 Å². The van der Waals surface area contributed by atoms with Crippen molar-refractivity contribution >= 4 is 49.0 Å². The Labute approximate surface area is 89.2 Å². The molecule has 0 unspecified atom stereocenters. The SMILES string of the molecule is [K][C]#Cc1ccccc1. The molecule has 1 rings (SSSR count). The maximum atomic E-state index is 3.04. The summed E-state index contributed by atoms with van der Waals surface area (Å²) < 4.78 is 3.02. The van der Waals surface area contributed by atoms with Crippen molar-refractivity contribution in [3.05, 3.63) is 35.9 Å². The third-order valence-electron chi connectivity index (χ3n) is 1.04. The molecular formula is C8H5K. The molecule has 38 valence electrons. The van der Waals surface area contributed by atoms with Gasteiger partial charge < -0.3 is 0 Å². The Balaban J connectivity index is 2.94. The fourth-order valence-corrected chi connectivity index (χ4v) is 1.12. The number of benzene rings is 1. The Hall–Kier alpha value is 0.416. The van der Waals surface area contributed by atoms with Crippen LogP contribution in [-0.2, 0) is 0 Å². The van der Waals surface area contributed by atoms with Gasteiger partial charge in [0.05, 0.1) is 0 Å². The number of hydrogen-bond acceptors (Lipinski definition) is 0. The molecule has 1 aromatic rings. The van der Waals surface area contributed by atoms with Crippen LogP contribution >= 0.6 is 0 Å². The van der Waals surface area contributed by atoms with E-state index >= 15 is 0 Å². The second-order valence-electron chi connectivity index (χ2n) is 1.74. The molecule has 9 heavy (non-hydrogen) atoms. The molecule has 0 nitrogen and oxygen atoms in total. The van der Waals surface area contributed by atoms with E-state index in [1.54, 1.807) is 0 Å². The summed E-state index contributed by atoms with van der Waals surface area (Å²) in [4.78, 5) is 0. The van der Waals surface area contributed by atoms with Crippen molar-refractivity contribution < 1.29 is 0 Å². The van der Waals surface area contributed by atoms with E-state index in [9.17, 15) is 0 Å². The van der Waals surface area contributed by atoms with Crippen LogP contribution in [0.3, 0.4) is 0 Å². The Bertz CT molecular complexity index is 228. The average molecular weight is 140 g/mol. The molecule has 0 amide bonds. The molecule has 0 aliphatic heterocycles. The van der Waals surface area contributed by atoms with Crippen molar-refractivity contribution in [2.24, 2.45) is 0 Å². The summed E-state index contributed by atoms with van der Waals surface area (Å²) in [5.74, 6) is 3.04. The standard InChI is InChI=1S/C8H5.K/c1-2-8-6-4-3-5-7-8;/h3-7H;. The predicted octanol–water partition coefficient (Wildman–Crippen LogP) is 1.16. The molecule has 0 atom stereocenters. The second-order valence-corrected chi connectivity index (χ2v) is 2.52. The molecule has 1 heteroatoms. The van der Waals surface area contributed by atoms with Crippen LogP contribution in [0.1, 0.15) is 5.56 Å². The molecule has 0 aliphatic carbocycles. The van der Waals surface area contributed by atoms with Crippen molar-refractivity contribution in [1.29, 1.82) is 0 Å². The molecule has 0 saturated carbocycles. The van der Waals surface area contributed by atoms with Crippen LogP contribution in [0, 0.1) is 5.94 Å². The van der Waals surface area contributed by atoms with Gasteiger partial charge in [-0.3, -0.25) is 0 Å². The minimum absolute atomic E-state index is 0.656. The van der Waals surface area contributed by atoms with Crippen LogP contribution in [0.25, 0.3) is 0 Å². The van der Waals surface area contributed by atoms with Gasteiger partial charge in [-0.05, 0) is 0 Å². The molecule has 0 heterocycles. The van der Waals surface area contributed by atoms with Crippen LogP contribution < -0.4 is 0 Å². The van der Waals surface area contributed by atoms with Gasteiger partial charge in [-0.1, -0.05) is 0 Å². The van der Waals surface area contributed by atoms with Crippen LogP contribution in [0.2, 0.25) is 0 Å². The zero-order valence-electron chi connectivity index (χ0n) is 5.39. The summed E-state index contributed by atoms with van der Waals surface area (Å²) in [5, 5.41) is 0. The van der Waals surface area contributed by atoms with Crippen LogP contribution in [0.5, 0.6) is 0 Å². The van der Waals surface area contributed by atoms with Crippen molar-refractivity contribution in [2.75, 3.05) is 0 Å². The Morgan fingerprint density at radius 1 is 1.11 bits per heavy atom. The van der Waals surface area contributed by atoms with Crippen molar-refractivity contribution in [1.82, 2.24) is 0 Å². The summed E-state index contributed by atoms with van der Waals surface area (Å²) >= 11 is 0.656. The molecule has 0 saturated heterocycles. The van der Waals surface area contributed by atoms with Gasteiger partial charge in [-0.2, -0.15) is 0 Å². The maximum absolute atomic E-state index is 3.04. The predicted molar refractivity (Wildman–Crippen MR) is 39.1 cm³/mol. The van der Waals surface area contributed by atoms with Gasteiger partial charge in [-0.15, -0.1) is 0 Å².